The lowest BCUT2D eigenvalue weighted by Gasteiger charge is -2.15. The van der Waals surface area contributed by atoms with Gasteiger partial charge in [0.2, 0.25) is 11.8 Å². The van der Waals surface area contributed by atoms with Gasteiger partial charge in [0.15, 0.2) is 0 Å². The quantitative estimate of drug-likeness (QED) is 0.443. The molecule has 0 aromatic rings. The van der Waals surface area contributed by atoms with E-state index in [2.05, 4.69) is 0 Å². The van der Waals surface area contributed by atoms with Crippen molar-refractivity contribution in [3.05, 3.63) is 0 Å². The van der Waals surface area contributed by atoms with Gasteiger partial charge in [0, 0.05) is 6.54 Å². The summed E-state index contributed by atoms with van der Waals surface area (Å²) in [5.41, 5.74) is 4.81. The number of primary amides is 1. The van der Waals surface area contributed by atoms with E-state index >= 15 is 0 Å². The lowest BCUT2D eigenvalue weighted by Crippen LogP contribution is -2.34. The van der Waals surface area contributed by atoms with Crippen LogP contribution in [0.15, 0.2) is 0 Å². The van der Waals surface area contributed by atoms with Gasteiger partial charge in [-0.15, -0.1) is 0 Å². The molecule has 0 spiro atoms. The first-order valence-electron chi connectivity index (χ1n) is 3.54. The number of carbonyl (C=O) groups is 2. The van der Waals surface area contributed by atoms with E-state index in [0.29, 0.717) is 6.54 Å². The number of nitrogens with zero attached hydrogens (tertiary/aromatic N) is 2. The van der Waals surface area contributed by atoms with Crippen LogP contribution in [-0.4, -0.2) is 29.8 Å². The molecule has 2 amide bonds. The summed E-state index contributed by atoms with van der Waals surface area (Å²) in [5, 5.41) is 8.29. The SMILES string of the molecule is CCN(CC#N)C(=O)CC(N)=O. The van der Waals surface area contributed by atoms with Crippen molar-refractivity contribution in [3.8, 4) is 6.07 Å². The Morgan fingerprint density at radius 1 is 1.58 bits per heavy atom. The summed E-state index contributed by atoms with van der Waals surface area (Å²) in [7, 11) is 0. The van der Waals surface area contributed by atoms with Crippen molar-refractivity contribution < 1.29 is 9.59 Å². The molecule has 0 rings (SSSR count). The highest BCUT2D eigenvalue weighted by Gasteiger charge is 2.12. The summed E-state index contributed by atoms with van der Waals surface area (Å²) < 4.78 is 0. The van der Waals surface area contributed by atoms with E-state index in [-0.39, 0.29) is 13.0 Å². The van der Waals surface area contributed by atoms with E-state index in [1.165, 1.54) is 4.90 Å². The van der Waals surface area contributed by atoms with Gasteiger partial charge < -0.3 is 10.6 Å². The molecule has 5 heteroatoms. The lowest BCUT2D eigenvalue weighted by molar-refractivity contribution is -0.134. The van der Waals surface area contributed by atoms with Crippen molar-refractivity contribution in [2.24, 2.45) is 5.73 Å². The molecule has 5 nitrogen and oxygen atoms in total. The average molecular weight is 169 g/mol. The summed E-state index contributed by atoms with van der Waals surface area (Å²) >= 11 is 0. The van der Waals surface area contributed by atoms with Gasteiger partial charge in [-0.3, -0.25) is 9.59 Å². The highest BCUT2D eigenvalue weighted by Crippen LogP contribution is 1.92. The number of nitriles is 1. The van der Waals surface area contributed by atoms with E-state index < -0.39 is 11.8 Å². The Morgan fingerprint density at radius 2 is 2.17 bits per heavy atom. The van der Waals surface area contributed by atoms with E-state index in [4.69, 9.17) is 11.0 Å². The fraction of sp³-hybridized carbons (Fsp3) is 0.571. The van der Waals surface area contributed by atoms with Crippen LogP contribution in [0.1, 0.15) is 13.3 Å². The Balaban J connectivity index is 4.04. The maximum absolute atomic E-state index is 11.0. The third-order valence-electron chi connectivity index (χ3n) is 1.32. The first-order chi connectivity index (χ1) is 5.61. The summed E-state index contributed by atoms with van der Waals surface area (Å²) in [6.07, 6.45) is -0.324. The van der Waals surface area contributed by atoms with Crippen molar-refractivity contribution >= 4 is 11.8 Å². The zero-order chi connectivity index (χ0) is 9.56. The average Bonchev–Trinajstić information content (AvgIpc) is 1.98. The van der Waals surface area contributed by atoms with Crippen LogP contribution >= 0.6 is 0 Å². The van der Waals surface area contributed by atoms with Gasteiger partial charge in [0.25, 0.3) is 0 Å². The topological polar surface area (TPSA) is 87.2 Å². The van der Waals surface area contributed by atoms with Crippen molar-refractivity contribution in [3.63, 3.8) is 0 Å². The number of rotatable bonds is 4. The summed E-state index contributed by atoms with van der Waals surface area (Å²) in [4.78, 5) is 22.6. The van der Waals surface area contributed by atoms with E-state index in [1.807, 2.05) is 6.07 Å². The Hall–Kier alpha value is -1.57. The van der Waals surface area contributed by atoms with Crippen molar-refractivity contribution in [2.75, 3.05) is 13.1 Å². The highest BCUT2D eigenvalue weighted by molar-refractivity contribution is 5.96. The Kier molecular flexibility index (Phi) is 4.46. The largest absolute Gasteiger partial charge is 0.369 e. The first-order valence-corrected chi connectivity index (χ1v) is 3.54. The second-order valence-electron chi connectivity index (χ2n) is 2.21. The monoisotopic (exact) mass is 169 g/mol. The van der Waals surface area contributed by atoms with Gasteiger partial charge in [-0.1, -0.05) is 0 Å². The Labute approximate surface area is 70.7 Å². The maximum atomic E-state index is 11.0. The van der Waals surface area contributed by atoms with E-state index in [1.54, 1.807) is 6.92 Å². The van der Waals surface area contributed by atoms with Gasteiger partial charge in [0.05, 0.1) is 6.07 Å². The van der Waals surface area contributed by atoms with Crippen molar-refractivity contribution in [2.45, 2.75) is 13.3 Å². The molecule has 0 radical (unpaired) electrons. The molecule has 0 aromatic heterocycles. The minimum atomic E-state index is -0.670. The third kappa shape index (κ3) is 3.56. The summed E-state index contributed by atoms with van der Waals surface area (Å²) in [5.74, 6) is -1.07. The van der Waals surface area contributed by atoms with Crippen LogP contribution in [0.3, 0.4) is 0 Å². The molecule has 0 heterocycles. The molecule has 0 saturated heterocycles. The predicted molar refractivity (Wildman–Crippen MR) is 41.7 cm³/mol. The van der Waals surface area contributed by atoms with Gasteiger partial charge in [0.1, 0.15) is 13.0 Å². The van der Waals surface area contributed by atoms with Crippen LogP contribution < -0.4 is 5.73 Å². The molecule has 0 saturated carbocycles. The Bertz CT molecular complexity index is 219. The fourth-order valence-corrected chi connectivity index (χ4v) is 0.723. The fourth-order valence-electron chi connectivity index (χ4n) is 0.723. The molecule has 0 atom stereocenters. The number of hydrogen-bond acceptors (Lipinski definition) is 3. The number of nitrogens with two attached hydrogens (primary N) is 1. The van der Waals surface area contributed by atoms with Gasteiger partial charge in [-0.25, -0.2) is 0 Å². The molecule has 0 bridgehead atoms. The van der Waals surface area contributed by atoms with Gasteiger partial charge >= 0.3 is 0 Å². The molecule has 0 aromatic carbocycles. The molecule has 66 valence electrons. The van der Waals surface area contributed by atoms with Crippen LogP contribution in [-0.2, 0) is 9.59 Å². The van der Waals surface area contributed by atoms with Gasteiger partial charge in [-0.05, 0) is 6.92 Å². The van der Waals surface area contributed by atoms with Crippen LogP contribution in [0.5, 0.6) is 0 Å². The molecule has 0 aliphatic heterocycles. The minimum absolute atomic E-state index is 0.00259. The standard InChI is InChI=1S/C7H11N3O2/c1-2-10(4-3-8)7(12)5-6(9)11/h2,4-5H2,1H3,(H2,9,11). The number of hydrogen-bond donors (Lipinski definition) is 1. The normalized spacial score (nSPS) is 8.67. The molecule has 0 fully saturated rings. The second kappa shape index (κ2) is 5.13. The molecule has 0 aliphatic carbocycles. The van der Waals surface area contributed by atoms with Crippen LogP contribution in [0.2, 0.25) is 0 Å². The Morgan fingerprint density at radius 3 is 2.50 bits per heavy atom. The number of amides is 2. The molecule has 0 aliphatic rings. The summed E-state index contributed by atoms with van der Waals surface area (Å²) in [6.45, 7) is 2.15. The molecular weight excluding hydrogens is 158 g/mol. The molecule has 0 unspecified atom stereocenters. The third-order valence-corrected chi connectivity index (χ3v) is 1.32. The second-order valence-corrected chi connectivity index (χ2v) is 2.21. The first kappa shape index (κ1) is 10.4. The van der Waals surface area contributed by atoms with Gasteiger partial charge in [-0.2, -0.15) is 5.26 Å². The lowest BCUT2D eigenvalue weighted by atomic mass is 10.3. The van der Waals surface area contributed by atoms with Crippen LogP contribution in [0, 0.1) is 11.3 Å². The number of carbonyl (C=O) groups excluding carboxylic acids is 2. The van der Waals surface area contributed by atoms with Crippen molar-refractivity contribution in [1.29, 1.82) is 5.26 Å². The zero-order valence-electron chi connectivity index (χ0n) is 6.91. The molecule has 12 heavy (non-hydrogen) atoms. The predicted octanol–water partition coefficient (Wildman–Crippen LogP) is -0.766. The molecular formula is C7H11N3O2. The smallest absolute Gasteiger partial charge is 0.232 e. The van der Waals surface area contributed by atoms with Crippen molar-refractivity contribution in [1.82, 2.24) is 4.90 Å². The van der Waals surface area contributed by atoms with Crippen LogP contribution in [0.25, 0.3) is 0 Å². The maximum Gasteiger partial charge on any atom is 0.232 e. The summed E-state index contributed by atoms with van der Waals surface area (Å²) in [6, 6.07) is 1.83. The minimum Gasteiger partial charge on any atom is -0.369 e. The zero-order valence-corrected chi connectivity index (χ0v) is 6.91. The van der Waals surface area contributed by atoms with E-state index in [9.17, 15) is 9.59 Å². The molecule has 2 N–H and O–H groups in total. The highest BCUT2D eigenvalue weighted by atomic mass is 16.2. The van der Waals surface area contributed by atoms with Crippen LogP contribution in [0.4, 0.5) is 0 Å². The van der Waals surface area contributed by atoms with E-state index in [0.717, 1.165) is 0 Å².